The molecule has 2 aromatic rings. The molecular formula is C21H25N3O4. The molecule has 148 valence electrons. The number of hydrogen-bond donors (Lipinski definition) is 2. The van der Waals surface area contributed by atoms with Gasteiger partial charge in [-0.15, -0.1) is 0 Å². The van der Waals surface area contributed by atoms with Crippen LogP contribution in [-0.4, -0.2) is 34.8 Å². The number of nitrogens with one attached hydrogen (secondary N) is 2. The topological polar surface area (TPSA) is 91.7 Å². The average molecular weight is 383 g/mol. The molecule has 1 saturated heterocycles. The third-order valence-corrected chi connectivity index (χ3v) is 5.74. The fraction of sp³-hybridized carbons (Fsp3) is 0.476. The number of benzene rings is 1. The van der Waals surface area contributed by atoms with Crippen LogP contribution in [0.3, 0.4) is 0 Å². The van der Waals surface area contributed by atoms with Gasteiger partial charge in [-0.05, 0) is 38.3 Å². The van der Waals surface area contributed by atoms with Gasteiger partial charge in [0.2, 0.25) is 5.91 Å². The second-order valence-electron chi connectivity index (χ2n) is 7.76. The van der Waals surface area contributed by atoms with E-state index in [1.54, 1.807) is 0 Å². The number of fused-ring (bicyclic) bond motifs is 1. The molecule has 7 nitrogen and oxygen atoms in total. The van der Waals surface area contributed by atoms with Crippen LogP contribution in [0.25, 0.3) is 11.0 Å². The molecule has 2 heterocycles. The summed E-state index contributed by atoms with van der Waals surface area (Å²) < 4.78 is 5.78. The number of carbonyl (C=O) groups excluding carboxylic acids is 3. The number of para-hydroxylation sites is 1. The van der Waals surface area contributed by atoms with Crippen LogP contribution >= 0.6 is 0 Å². The first kappa shape index (κ1) is 18.5. The average Bonchev–Trinajstić information content (AvgIpc) is 3.36. The van der Waals surface area contributed by atoms with Crippen molar-refractivity contribution in [1.29, 1.82) is 0 Å². The molecule has 1 aromatic carbocycles. The fourth-order valence-corrected chi connectivity index (χ4v) is 4.20. The highest BCUT2D eigenvalue weighted by Crippen LogP contribution is 2.35. The molecule has 4 rings (SSSR count). The van der Waals surface area contributed by atoms with E-state index in [9.17, 15) is 14.4 Å². The summed E-state index contributed by atoms with van der Waals surface area (Å²) in [6, 6.07) is 9.05. The van der Waals surface area contributed by atoms with E-state index in [0.717, 1.165) is 23.8 Å². The smallest absolute Gasteiger partial charge is 0.325 e. The zero-order valence-corrected chi connectivity index (χ0v) is 16.0. The van der Waals surface area contributed by atoms with E-state index < -0.39 is 5.54 Å². The van der Waals surface area contributed by atoms with Gasteiger partial charge in [0.1, 0.15) is 16.9 Å². The molecule has 1 aliphatic carbocycles. The Morgan fingerprint density at radius 1 is 1.29 bits per heavy atom. The van der Waals surface area contributed by atoms with Crippen molar-refractivity contribution in [2.75, 3.05) is 6.54 Å². The molecule has 7 heteroatoms. The van der Waals surface area contributed by atoms with Gasteiger partial charge in [0.25, 0.3) is 5.91 Å². The Labute approximate surface area is 163 Å². The Morgan fingerprint density at radius 3 is 2.79 bits per heavy atom. The van der Waals surface area contributed by atoms with Crippen LogP contribution in [0.5, 0.6) is 0 Å². The molecule has 1 unspecified atom stereocenters. The zero-order valence-electron chi connectivity index (χ0n) is 16.0. The summed E-state index contributed by atoms with van der Waals surface area (Å²) in [5, 5.41) is 6.77. The third kappa shape index (κ3) is 3.37. The second-order valence-corrected chi connectivity index (χ2v) is 7.76. The number of carbonyl (C=O) groups is 3. The quantitative estimate of drug-likeness (QED) is 0.749. The number of imide groups is 1. The van der Waals surface area contributed by atoms with Crippen LogP contribution in [0, 0.1) is 0 Å². The van der Waals surface area contributed by atoms with Crippen LogP contribution < -0.4 is 10.6 Å². The number of nitrogens with zero attached hydrogens (tertiary/aromatic N) is 1. The Hall–Kier alpha value is -2.83. The number of furan rings is 1. The van der Waals surface area contributed by atoms with Crippen molar-refractivity contribution in [1.82, 2.24) is 15.5 Å². The van der Waals surface area contributed by atoms with Gasteiger partial charge in [-0.3, -0.25) is 14.5 Å². The molecule has 28 heavy (non-hydrogen) atoms. The molecule has 1 aliphatic heterocycles. The lowest BCUT2D eigenvalue weighted by atomic mass is 9.98. The van der Waals surface area contributed by atoms with Gasteiger partial charge in [-0.1, -0.05) is 31.0 Å². The van der Waals surface area contributed by atoms with Crippen LogP contribution in [0.2, 0.25) is 0 Å². The number of amides is 4. The van der Waals surface area contributed by atoms with E-state index in [1.165, 1.54) is 4.90 Å². The maximum Gasteiger partial charge on any atom is 0.325 e. The molecule has 1 spiro atoms. The number of rotatable bonds is 6. The third-order valence-electron chi connectivity index (χ3n) is 5.74. The Balaban J connectivity index is 1.27. The lowest BCUT2D eigenvalue weighted by Crippen LogP contribution is -2.44. The van der Waals surface area contributed by atoms with E-state index in [0.29, 0.717) is 25.0 Å². The molecule has 4 amide bonds. The van der Waals surface area contributed by atoms with Gasteiger partial charge < -0.3 is 15.1 Å². The van der Waals surface area contributed by atoms with Gasteiger partial charge in [-0.25, -0.2) is 4.79 Å². The molecule has 0 radical (unpaired) electrons. The van der Waals surface area contributed by atoms with Crippen molar-refractivity contribution in [3.05, 3.63) is 36.1 Å². The molecular weight excluding hydrogens is 358 g/mol. The van der Waals surface area contributed by atoms with Crippen molar-refractivity contribution >= 4 is 28.8 Å². The first-order valence-corrected chi connectivity index (χ1v) is 9.90. The second kappa shape index (κ2) is 7.30. The van der Waals surface area contributed by atoms with Gasteiger partial charge in [0, 0.05) is 18.4 Å². The van der Waals surface area contributed by atoms with Gasteiger partial charge in [0.15, 0.2) is 0 Å². The summed E-state index contributed by atoms with van der Waals surface area (Å²) in [6.07, 6.45) is 4.03. The maximum atomic E-state index is 12.6. The zero-order chi connectivity index (χ0) is 19.7. The highest BCUT2D eigenvalue weighted by atomic mass is 16.3. The predicted molar refractivity (Wildman–Crippen MR) is 103 cm³/mol. The Bertz CT molecular complexity index is 880. The molecule has 0 bridgehead atoms. The number of hydrogen-bond acceptors (Lipinski definition) is 4. The summed E-state index contributed by atoms with van der Waals surface area (Å²) >= 11 is 0. The predicted octanol–water partition coefficient (Wildman–Crippen LogP) is 3.25. The highest BCUT2D eigenvalue weighted by Gasteiger charge is 2.52. The summed E-state index contributed by atoms with van der Waals surface area (Å²) in [5.74, 6) is 0.438. The summed E-state index contributed by atoms with van der Waals surface area (Å²) in [6.45, 7) is 2.13. The SMILES string of the molecule is CC(NC(=O)CCCN1C(=O)NC2(CCCC2)C1=O)c1cc2ccccc2o1. The van der Waals surface area contributed by atoms with Crippen molar-refractivity contribution in [3.8, 4) is 0 Å². The minimum atomic E-state index is -0.685. The maximum absolute atomic E-state index is 12.6. The lowest BCUT2D eigenvalue weighted by molar-refractivity contribution is -0.131. The molecule has 1 atom stereocenters. The van der Waals surface area contributed by atoms with Crippen LogP contribution in [-0.2, 0) is 9.59 Å². The molecule has 2 fully saturated rings. The summed E-state index contributed by atoms with van der Waals surface area (Å²) in [7, 11) is 0. The minimum Gasteiger partial charge on any atom is -0.459 e. The Kier molecular flexibility index (Phi) is 4.83. The van der Waals surface area contributed by atoms with Gasteiger partial charge >= 0.3 is 6.03 Å². The van der Waals surface area contributed by atoms with Crippen molar-refractivity contribution in [2.45, 2.75) is 57.0 Å². The fourth-order valence-electron chi connectivity index (χ4n) is 4.20. The monoisotopic (exact) mass is 383 g/mol. The first-order valence-electron chi connectivity index (χ1n) is 9.90. The van der Waals surface area contributed by atoms with Crippen LogP contribution in [0.4, 0.5) is 4.79 Å². The summed E-state index contributed by atoms with van der Waals surface area (Å²) in [4.78, 5) is 38.3. The minimum absolute atomic E-state index is 0.129. The van der Waals surface area contributed by atoms with Gasteiger partial charge in [-0.2, -0.15) is 0 Å². The van der Waals surface area contributed by atoms with Gasteiger partial charge in [0.05, 0.1) is 6.04 Å². The van der Waals surface area contributed by atoms with Crippen molar-refractivity contribution in [3.63, 3.8) is 0 Å². The largest absolute Gasteiger partial charge is 0.459 e. The van der Waals surface area contributed by atoms with E-state index in [2.05, 4.69) is 10.6 Å². The van der Waals surface area contributed by atoms with Crippen LogP contribution in [0.15, 0.2) is 34.7 Å². The van der Waals surface area contributed by atoms with E-state index >= 15 is 0 Å². The normalized spacial score (nSPS) is 19.4. The van der Waals surface area contributed by atoms with E-state index in [4.69, 9.17) is 4.42 Å². The molecule has 2 N–H and O–H groups in total. The lowest BCUT2D eigenvalue weighted by Gasteiger charge is -2.20. The van der Waals surface area contributed by atoms with Crippen molar-refractivity contribution in [2.24, 2.45) is 0 Å². The Morgan fingerprint density at radius 2 is 2.04 bits per heavy atom. The van der Waals surface area contributed by atoms with E-state index in [1.807, 2.05) is 37.3 Å². The first-order chi connectivity index (χ1) is 13.5. The summed E-state index contributed by atoms with van der Waals surface area (Å²) in [5.41, 5.74) is 0.104. The highest BCUT2D eigenvalue weighted by molar-refractivity contribution is 6.07. The number of urea groups is 1. The molecule has 1 aromatic heterocycles. The molecule has 1 saturated carbocycles. The molecule has 2 aliphatic rings. The standard InChI is InChI=1S/C21H25N3O4/c1-14(17-13-15-7-2-3-8-16(15)28-17)22-18(25)9-6-12-24-19(26)21(23-20(24)27)10-4-5-11-21/h2-3,7-8,13-14H,4-6,9-12H2,1H3,(H,22,25)(H,23,27). The van der Waals surface area contributed by atoms with Crippen molar-refractivity contribution < 1.29 is 18.8 Å². The van der Waals surface area contributed by atoms with Crippen LogP contribution in [0.1, 0.15) is 57.3 Å². The van der Waals surface area contributed by atoms with E-state index in [-0.39, 0.29) is 36.9 Å².